The molecule has 2 unspecified atom stereocenters. The van der Waals surface area contributed by atoms with Crippen molar-refractivity contribution < 1.29 is 4.79 Å². The summed E-state index contributed by atoms with van der Waals surface area (Å²) in [6.45, 7) is 6.38. The number of likely N-dealkylation sites (tertiary alicyclic amines) is 1. The van der Waals surface area contributed by atoms with Gasteiger partial charge in [-0.25, -0.2) is 0 Å². The summed E-state index contributed by atoms with van der Waals surface area (Å²) >= 11 is 0. The van der Waals surface area contributed by atoms with Crippen LogP contribution in [0.2, 0.25) is 0 Å². The van der Waals surface area contributed by atoms with Crippen molar-refractivity contribution in [3.63, 3.8) is 0 Å². The van der Waals surface area contributed by atoms with Crippen molar-refractivity contribution in [3.05, 3.63) is 53.1 Å². The minimum absolute atomic E-state index is 0.128. The smallest absolute Gasteiger partial charge is 0.160 e. The largest absolute Gasteiger partial charge is 0.294 e. The summed E-state index contributed by atoms with van der Waals surface area (Å²) in [4.78, 5) is 15.3. The van der Waals surface area contributed by atoms with E-state index in [9.17, 15) is 4.79 Å². The molecule has 25 heavy (non-hydrogen) atoms. The lowest BCUT2D eigenvalue weighted by Crippen LogP contribution is -2.55. The lowest BCUT2D eigenvalue weighted by molar-refractivity contribution is -0.113. The zero-order valence-electron chi connectivity index (χ0n) is 15.6. The molecule has 2 atom stereocenters. The number of carbonyl (C=O) groups excluding carboxylic acids is 1. The highest BCUT2D eigenvalue weighted by Gasteiger charge is 2.48. The van der Waals surface area contributed by atoms with Crippen LogP contribution in [0.5, 0.6) is 0 Å². The van der Waals surface area contributed by atoms with Crippen LogP contribution in [0.25, 0.3) is 5.57 Å². The Morgan fingerprint density at radius 2 is 1.80 bits per heavy atom. The van der Waals surface area contributed by atoms with E-state index in [1.807, 2.05) is 0 Å². The minimum Gasteiger partial charge on any atom is -0.294 e. The van der Waals surface area contributed by atoms with E-state index in [4.69, 9.17) is 0 Å². The number of hydrogen-bond donors (Lipinski definition) is 0. The minimum atomic E-state index is 0.128. The summed E-state index contributed by atoms with van der Waals surface area (Å²) in [6, 6.07) is 10.5. The van der Waals surface area contributed by atoms with E-state index in [0.29, 0.717) is 5.92 Å². The maximum Gasteiger partial charge on any atom is 0.160 e. The highest BCUT2D eigenvalue weighted by Crippen LogP contribution is 2.51. The molecule has 2 heteroatoms. The maximum atomic E-state index is 12.6. The van der Waals surface area contributed by atoms with Crippen molar-refractivity contribution in [2.45, 2.75) is 57.9 Å². The molecule has 132 valence electrons. The first-order valence-corrected chi connectivity index (χ1v) is 9.89. The molecule has 2 fully saturated rings. The highest BCUT2D eigenvalue weighted by atomic mass is 16.1. The van der Waals surface area contributed by atoms with E-state index < -0.39 is 0 Å². The second kappa shape index (κ2) is 6.57. The molecule has 2 aliphatic carbocycles. The Labute approximate surface area is 151 Å². The molecule has 1 saturated heterocycles. The molecule has 3 aliphatic rings. The molecule has 0 radical (unpaired) electrons. The Kier molecular flexibility index (Phi) is 4.41. The van der Waals surface area contributed by atoms with Crippen LogP contribution in [-0.2, 0) is 4.79 Å². The summed E-state index contributed by atoms with van der Waals surface area (Å²) in [6.07, 6.45) is 10.2. The van der Waals surface area contributed by atoms with E-state index in [0.717, 1.165) is 5.57 Å². The predicted molar refractivity (Wildman–Crippen MR) is 103 cm³/mol. The molecule has 1 aromatic carbocycles. The second-order valence-corrected chi connectivity index (χ2v) is 8.02. The Bertz CT molecular complexity index is 724. The van der Waals surface area contributed by atoms with Gasteiger partial charge in [-0.3, -0.25) is 9.69 Å². The van der Waals surface area contributed by atoms with Gasteiger partial charge >= 0.3 is 0 Å². The molecule has 0 amide bonds. The molecule has 1 aromatic rings. The number of benzene rings is 1. The third kappa shape index (κ3) is 2.71. The normalized spacial score (nSPS) is 30.2. The van der Waals surface area contributed by atoms with Crippen molar-refractivity contribution in [1.29, 1.82) is 0 Å². The van der Waals surface area contributed by atoms with Crippen molar-refractivity contribution in [1.82, 2.24) is 4.90 Å². The van der Waals surface area contributed by atoms with Gasteiger partial charge in [0.1, 0.15) is 0 Å². The van der Waals surface area contributed by atoms with Gasteiger partial charge in [-0.2, -0.15) is 0 Å². The summed E-state index contributed by atoms with van der Waals surface area (Å²) in [5, 5.41) is 0. The number of carbonyl (C=O) groups is 1. The van der Waals surface area contributed by atoms with E-state index in [1.54, 1.807) is 6.92 Å². The summed E-state index contributed by atoms with van der Waals surface area (Å²) in [5.41, 5.74) is 4.81. The lowest BCUT2D eigenvalue weighted by atomic mass is 9.62. The fourth-order valence-corrected chi connectivity index (χ4v) is 5.57. The van der Waals surface area contributed by atoms with Gasteiger partial charge in [0, 0.05) is 17.0 Å². The van der Waals surface area contributed by atoms with Gasteiger partial charge in [-0.15, -0.1) is 0 Å². The molecular formula is C23H29NO. The average Bonchev–Trinajstić information content (AvgIpc) is 3.17. The third-order valence-electron chi connectivity index (χ3n) is 6.64. The SMILES string of the molecule is CC(=O)C1=C(C)C2CCCCC2(N2CCCC2)C=C1c1ccccc1. The summed E-state index contributed by atoms with van der Waals surface area (Å²) < 4.78 is 0. The first-order chi connectivity index (χ1) is 12.1. The number of ketones is 1. The van der Waals surface area contributed by atoms with Crippen molar-refractivity contribution >= 4 is 11.4 Å². The van der Waals surface area contributed by atoms with E-state index in [1.165, 1.54) is 68.3 Å². The standard InChI is InChI=1S/C23H29NO/c1-17-21-12-6-7-13-23(21,24-14-8-9-15-24)16-20(22(17)18(2)25)19-10-4-3-5-11-19/h3-5,10-11,16,21H,6-9,12-15H2,1-2H3. The molecule has 1 saturated carbocycles. The topological polar surface area (TPSA) is 20.3 Å². The monoisotopic (exact) mass is 335 g/mol. The van der Waals surface area contributed by atoms with Gasteiger partial charge in [0.2, 0.25) is 0 Å². The summed E-state index contributed by atoms with van der Waals surface area (Å²) in [7, 11) is 0. The van der Waals surface area contributed by atoms with Crippen molar-refractivity contribution in [2.75, 3.05) is 13.1 Å². The van der Waals surface area contributed by atoms with Crippen LogP contribution in [-0.4, -0.2) is 29.3 Å². The van der Waals surface area contributed by atoms with Gasteiger partial charge in [-0.1, -0.05) is 54.8 Å². The zero-order chi connectivity index (χ0) is 17.4. The molecule has 0 aromatic heterocycles. The van der Waals surface area contributed by atoms with Crippen LogP contribution < -0.4 is 0 Å². The number of nitrogens with zero attached hydrogens (tertiary/aromatic N) is 1. The lowest BCUT2D eigenvalue weighted by Gasteiger charge is -2.52. The van der Waals surface area contributed by atoms with Crippen LogP contribution in [0.4, 0.5) is 0 Å². The summed E-state index contributed by atoms with van der Waals surface area (Å²) in [5.74, 6) is 0.721. The quantitative estimate of drug-likeness (QED) is 0.773. The molecule has 0 spiro atoms. The second-order valence-electron chi connectivity index (χ2n) is 8.02. The molecule has 1 heterocycles. The first kappa shape index (κ1) is 16.8. The fraction of sp³-hybridized carbons (Fsp3) is 0.522. The van der Waals surface area contributed by atoms with Crippen LogP contribution in [0, 0.1) is 5.92 Å². The molecule has 2 nitrogen and oxygen atoms in total. The molecular weight excluding hydrogens is 306 g/mol. The van der Waals surface area contributed by atoms with Crippen LogP contribution in [0.15, 0.2) is 47.6 Å². The predicted octanol–water partition coefficient (Wildman–Crippen LogP) is 5.01. The van der Waals surface area contributed by atoms with Gasteiger partial charge in [0.15, 0.2) is 5.78 Å². The molecule has 0 N–H and O–H groups in total. The van der Waals surface area contributed by atoms with E-state index in [2.05, 4.69) is 48.2 Å². The first-order valence-electron chi connectivity index (χ1n) is 9.89. The van der Waals surface area contributed by atoms with Crippen LogP contribution >= 0.6 is 0 Å². The van der Waals surface area contributed by atoms with Crippen molar-refractivity contribution in [2.24, 2.45) is 5.92 Å². The van der Waals surface area contributed by atoms with Crippen LogP contribution in [0.1, 0.15) is 57.9 Å². The van der Waals surface area contributed by atoms with E-state index >= 15 is 0 Å². The molecule has 4 rings (SSSR count). The number of fused-ring (bicyclic) bond motifs is 1. The van der Waals surface area contributed by atoms with Crippen LogP contribution in [0.3, 0.4) is 0 Å². The average molecular weight is 335 g/mol. The van der Waals surface area contributed by atoms with E-state index in [-0.39, 0.29) is 11.3 Å². The number of hydrogen-bond acceptors (Lipinski definition) is 2. The third-order valence-corrected chi connectivity index (χ3v) is 6.64. The van der Waals surface area contributed by atoms with Gasteiger partial charge in [-0.05, 0) is 63.8 Å². The highest BCUT2D eigenvalue weighted by molar-refractivity contribution is 6.10. The van der Waals surface area contributed by atoms with Crippen molar-refractivity contribution in [3.8, 4) is 0 Å². The fourth-order valence-electron chi connectivity index (χ4n) is 5.57. The maximum absolute atomic E-state index is 12.6. The van der Waals surface area contributed by atoms with Gasteiger partial charge in [0.25, 0.3) is 0 Å². The molecule has 1 aliphatic heterocycles. The van der Waals surface area contributed by atoms with Gasteiger partial charge in [0.05, 0.1) is 0 Å². The number of rotatable bonds is 3. The Morgan fingerprint density at radius 3 is 2.48 bits per heavy atom. The Hall–Kier alpha value is -1.67. The molecule has 0 bridgehead atoms. The van der Waals surface area contributed by atoms with Gasteiger partial charge < -0.3 is 0 Å². The number of Topliss-reactive ketones (excluding diaryl/α,β-unsaturated/α-hetero) is 1. The Balaban J connectivity index is 1.90. The number of allylic oxidation sites excluding steroid dienone is 2. The zero-order valence-corrected chi connectivity index (χ0v) is 15.6. The Morgan fingerprint density at radius 1 is 1.08 bits per heavy atom.